The van der Waals surface area contributed by atoms with Gasteiger partial charge in [-0.25, -0.2) is 4.98 Å². The Morgan fingerprint density at radius 1 is 1.15 bits per heavy atom. The molecule has 1 aliphatic heterocycles. The molecule has 4 aliphatic rings. The molecular formula is C29H47N4O5S+. The smallest absolute Gasteiger partial charge is 0.229 e. The summed E-state index contributed by atoms with van der Waals surface area (Å²) in [6, 6.07) is 0. The number of amides is 2. The molecule has 0 radical (unpaired) electrons. The van der Waals surface area contributed by atoms with Crippen LogP contribution >= 0.6 is 11.3 Å². The third kappa shape index (κ3) is 5.91. The number of aromatic nitrogens is 1. The number of thiazole rings is 1. The van der Waals surface area contributed by atoms with Gasteiger partial charge in [0.1, 0.15) is 13.1 Å². The van der Waals surface area contributed by atoms with Crippen LogP contribution in [-0.2, 0) is 20.7 Å². The molecule has 2 amide bonds. The van der Waals surface area contributed by atoms with Gasteiger partial charge < -0.3 is 30.5 Å². The second-order valence-corrected chi connectivity index (χ2v) is 13.9. The number of rotatable bonds is 8. The first-order valence-electron chi connectivity index (χ1n) is 15.0. The summed E-state index contributed by atoms with van der Waals surface area (Å²) in [7, 11) is 0. The lowest BCUT2D eigenvalue weighted by atomic mass is 9.47. The van der Waals surface area contributed by atoms with E-state index in [2.05, 4.69) is 17.6 Å². The van der Waals surface area contributed by atoms with E-state index in [-0.39, 0.29) is 41.6 Å². The number of hydrogen-bond donors (Lipinski definition) is 5. The molecule has 2 saturated carbocycles. The molecular weight excluding hydrogens is 516 g/mol. The third-order valence-corrected chi connectivity index (χ3v) is 11.5. The number of quaternary nitrogens is 1. The maximum absolute atomic E-state index is 13.3. The molecule has 3 fully saturated rings. The van der Waals surface area contributed by atoms with Gasteiger partial charge in [-0.2, -0.15) is 0 Å². The molecule has 1 aromatic rings. The Kier molecular flexibility index (Phi) is 8.98. The fourth-order valence-electron chi connectivity index (χ4n) is 7.82. The van der Waals surface area contributed by atoms with Gasteiger partial charge in [-0.3, -0.25) is 9.59 Å². The summed E-state index contributed by atoms with van der Waals surface area (Å²) in [5, 5.41) is 28.3. The molecule has 5 rings (SSSR count). The Labute approximate surface area is 236 Å². The van der Waals surface area contributed by atoms with Gasteiger partial charge in [0.05, 0.1) is 44.7 Å². The Morgan fingerprint density at radius 2 is 1.90 bits per heavy atom. The summed E-state index contributed by atoms with van der Waals surface area (Å²) in [5.41, 5.74) is -0.0348. The highest BCUT2D eigenvalue weighted by atomic mass is 32.1. The Hall–Kier alpha value is -1.59. The molecule has 1 aromatic heterocycles. The van der Waals surface area contributed by atoms with Crippen LogP contribution in [0.4, 0.5) is 5.13 Å². The molecule has 0 spiro atoms. The predicted molar refractivity (Wildman–Crippen MR) is 150 cm³/mol. The normalized spacial score (nSPS) is 33.7. The van der Waals surface area contributed by atoms with E-state index in [0.717, 1.165) is 75.5 Å². The number of morpholine rings is 1. The Bertz CT molecular complexity index is 1020. The number of aliphatic hydroxyl groups excluding tert-OH is 2. The molecule has 9 nitrogen and oxygen atoms in total. The van der Waals surface area contributed by atoms with E-state index in [9.17, 15) is 19.8 Å². The van der Waals surface area contributed by atoms with Crippen molar-refractivity contribution in [3.05, 3.63) is 10.6 Å². The van der Waals surface area contributed by atoms with E-state index in [4.69, 9.17) is 9.72 Å². The topological polar surface area (TPSA) is 125 Å². The number of hydrogen-bond acceptors (Lipinski definition) is 7. The summed E-state index contributed by atoms with van der Waals surface area (Å²) in [5.74, 6) is -0.0260. The Morgan fingerprint density at radius 3 is 2.62 bits per heavy atom. The van der Waals surface area contributed by atoms with Gasteiger partial charge in [-0.1, -0.05) is 33.1 Å². The zero-order valence-electron chi connectivity index (χ0n) is 23.6. The highest BCUT2D eigenvalue weighted by Gasteiger charge is 2.59. The van der Waals surface area contributed by atoms with E-state index in [1.54, 1.807) is 0 Å². The number of carbonyl (C=O) groups excluding carboxylic acids is 2. The molecule has 0 bridgehead atoms. The summed E-state index contributed by atoms with van der Waals surface area (Å²) in [4.78, 5) is 33.8. The standard InChI is InChI=1S/C29H46N4O5S/c1-28-9-8-23(35)29(2,18-34)22(28)17-21-25(31-27(39-21)32-26(37)19-6-4-3-5-7-19)20(28)16-24(36)30-10-11-33-12-14-38-15-13-33/h19-20,22-23,34-35H,3-18H2,1-2H3,(H,30,36)(H,31,32,37)/p+1/t20-,22+,23-,28+,29+/m1/s1. The minimum Gasteiger partial charge on any atom is -0.396 e. The lowest BCUT2D eigenvalue weighted by Gasteiger charge is -2.58. The van der Waals surface area contributed by atoms with Crippen LogP contribution in [0.2, 0.25) is 0 Å². The van der Waals surface area contributed by atoms with Crippen molar-refractivity contribution in [3.63, 3.8) is 0 Å². The van der Waals surface area contributed by atoms with Crippen LogP contribution in [0.15, 0.2) is 0 Å². The highest BCUT2D eigenvalue weighted by molar-refractivity contribution is 7.15. The van der Waals surface area contributed by atoms with E-state index in [1.807, 2.05) is 6.92 Å². The lowest BCUT2D eigenvalue weighted by Crippen LogP contribution is -3.14. The highest BCUT2D eigenvalue weighted by Crippen LogP contribution is 2.62. The van der Waals surface area contributed by atoms with Crippen LogP contribution in [-0.4, -0.2) is 79.1 Å². The molecule has 5 N–H and O–H groups in total. The van der Waals surface area contributed by atoms with Crippen LogP contribution < -0.4 is 15.5 Å². The van der Waals surface area contributed by atoms with Crippen LogP contribution in [0, 0.1) is 22.7 Å². The SMILES string of the molecule is C[C@]1(CO)[C@H]2Cc3sc(NC(=O)C4CCCCC4)nc3[C@@H](CC(=O)NCC[NH+]3CCOCC3)[C@]2(C)CC[C@H]1O. The van der Waals surface area contributed by atoms with Gasteiger partial charge in [0.15, 0.2) is 5.13 Å². The van der Waals surface area contributed by atoms with Crippen LogP contribution in [0.25, 0.3) is 0 Å². The molecule has 10 heteroatoms. The molecule has 1 saturated heterocycles. The number of ether oxygens (including phenoxy) is 1. The fourth-order valence-corrected chi connectivity index (χ4v) is 8.89. The Balaban J connectivity index is 1.36. The number of nitrogens with one attached hydrogen (secondary N) is 3. The molecule has 3 aliphatic carbocycles. The second-order valence-electron chi connectivity index (χ2n) is 12.9. The molecule has 5 atom stereocenters. The zero-order valence-corrected chi connectivity index (χ0v) is 24.4. The van der Waals surface area contributed by atoms with Gasteiger partial charge >= 0.3 is 0 Å². The first kappa shape index (κ1) is 28.9. The van der Waals surface area contributed by atoms with Crippen LogP contribution in [0.1, 0.15) is 81.7 Å². The van der Waals surface area contributed by atoms with Crippen molar-refractivity contribution >= 4 is 28.3 Å². The molecule has 2 heterocycles. The summed E-state index contributed by atoms with van der Waals surface area (Å²) >= 11 is 1.51. The lowest BCUT2D eigenvalue weighted by molar-refractivity contribution is -0.906. The number of fused-ring (bicyclic) bond motifs is 2. The zero-order chi connectivity index (χ0) is 27.6. The molecule has 0 unspecified atom stereocenters. The average molecular weight is 564 g/mol. The van der Waals surface area contributed by atoms with Crippen LogP contribution in [0.3, 0.4) is 0 Å². The fraction of sp³-hybridized carbons (Fsp3) is 0.828. The summed E-state index contributed by atoms with van der Waals surface area (Å²) < 4.78 is 5.44. The minimum absolute atomic E-state index is 0.00388. The average Bonchev–Trinajstić information content (AvgIpc) is 3.35. The van der Waals surface area contributed by atoms with Crippen molar-refractivity contribution in [2.75, 3.05) is 51.3 Å². The molecule has 0 aromatic carbocycles. The number of aliphatic hydroxyl groups is 2. The van der Waals surface area contributed by atoms with E-state index >= 15 is 0 Å². The van der Waals surface area contributed by atoms with Crippen molar-refractivity contribution in [1.82, 2.24) is 10.3 Å². The van der Waals surface area contributed by atoms with Crippen molar-refractivity contribution in [1.29, 1.82) is 0 Å². The van der Waals surface area contributed by atoms with Crippen LogP contribution in [0.5, 0.6) is 0 Å². The quantitative estimate of drug-likeness (QED) is 0.327. The number of anilines is 1. The largest absolute Gasteiger partial charge is 0.396 e. The molecule has 39 heavy (non-hydrogen) atoms. The molecule has 218 valence electrons. The van der Waals surface area contributed by atoms with Crippen molar-refractivity contribution in [2.24, 2.45) is 22.7 Å². The van der Waals surface area contributed by atoms with E-state index in [0.29, 0.717) is 30.9 Å². The maximum atomic E-state index is 13.3. The van der Waals surface area contributed by atoms with Gasteiger partial charge in [-0.05, 0) is 43.4 Å². The summed E-state index contributed by atoms with van der Waals surface area (Å²) in [6.45, 7) is 9.09. The summed E-state index contributed by atoms with van der Waals surface area (Å²) in [6.07, 6.45) is 7.02. The first-order valence-corrected chi connectivity index (χ1v) is 15.8. The van der Waals surface area contributed by atoms with Crippen molar-refractivity contribution < 1.29 is 29.4 Å². The second kappa shape index (κ2) is 12.1. The van der Waals surface area contributed by atoms with Crippen molar-refractivity contribution in [3.8, 4) is 0 Å². The van der Waals surface area contributed by atoms with Gasteiger partial charge in [0, 0.05) is 28.5 Å². The van der Waals surface area contributed by atoms with Gasteiger partial charge in [0.2, 0.25) is 11.8 Å². The third-order valence-electron chi connectivity index (χ3n) is 10.5. The maximum Gasteiger partial charge on any atom is 0.229 e. The van der Waals surface area contributed by atoms with E-state index < -0.39 is 11.5 Å². The first-order chi connectivity index (χ1) is 18.7. The van der Waals surface area contributed by atoms with E-state index in [1.165, 1.54) is 22.7 Å². The number of nitrogens with zero attached hydrogens (tertiary/aromatic N) is 1. The monoisotopic (exact) mass is 563 g/mol. The minimum atomic E-state index is -0.658. The van der Waals surface area contributed by atoms with Gasteiger partial charge in [0.25, 0.3) is 0 Å². The predicted octanol–water partition coefficient (Wildman–Crippen LogP) is 1.50. The van der Waals surface area contributed by atoms with Crippen molar-refractivity contribution in [2.45, 2.75) is 83.7 Å². The van der Waals surface area contributed by atoms with Gasteiger partial charge in [-0.15, -0.1) is 11.3 Å². The number of carbonyl (C=O) groups is 2.